The number of hydrogen-bond donors (Lipinski definition) is 4. The fraction of sp³-hybridized carbons (Fsp3) is 0.650. The second kappa shape index (κ2) is 9.30. The first-order chi connectivity index (χ1) is 13.5. The van der Waals surface area contributed by atoms with E-state index in [2.05, 4.69) is 23.7 Å². The molecule has 1 fully saturated rings. The molecule has 0 aromatic heterocycles. The topological polar surface area (TPSA) is 115 Å². The summed E-state index contributed by atoms with van der Waals surface area (Å²) in [4.78, 5) is 6.83. The van der Waals surface area contributed by atoms with Crippen LogP contribution in [0, 0.1) is 0 Å². The van der Waals surface area contributed by atoms with E-state index in [0.29, 0.717) is 5.75 Å². The number of ether oxygens (including phenoxy) is 2. The number of aliphatic hydroxyl groups excluding tert-OH is 4. The van der Waals surface area contributed by atoms with Gasteiger partial charge in [-0.2, -0.15) is 0 Å². The number of rotatable bonds is 8. The molecule has 0 aliphatic carbocycles. The van der Waals surface area contributed by atoms with Crippen molar-refractivity contribution in [3.63, 3.8) is 0 Å². The Morgan fingerprint density at radius 1 is 1.11 bits per heavy atom. The lowest BCUT2D eigenvalue weighted by Gasteiger charge is -2.39. The first-order valence-electron chi connectivity index (χ1n) is 9.86. The second-order valence-corrected chi connectivity index (χ2v) is 7.20. The van der Waals surface area contributed by atoms with E-state index in [0.717, 1.165) is 37.3 Å². The van der Waals surface area contributed by atoms with Crippen LogP contribution < -0.4 is 4.74 Å². The molecule has 8 nitrogen and oxygen atoms in total. The number of hydrogen-bond acceptors (Lipinski definition) is 8. The number of fused-ring (bicyclic) bond motifs is 1. The van der Waals surface area contributed by atoms with Gasteiger partial charge >= 0.3 is 0 Å². The predicted molar refractivity (Wildman–Crippen MR) is 104 cm³/mol. The Bertz CT molecular complexity index is 679. The number of nitrogens with zero attached hydrogens (tertiary/aromatic N) is 2. The summed E-state index contributed by atoms with van der Waals surface area (Å²) in [5.41, 5.74) is 1.73. The van der Waals surface area contributed by atoms with E-state index in [1.807, 2.05) is 18.3 Å². The van der Waals surface area contributed by atoms with Crippen LogP contribution >= 0.6 is 0 Å². The molecule has 2 aliphatic heterocycles. The van der Waals surface area contributed by atoms with Gasteiger partial charge in [-0.1, -0.05) is 19.9 Å². The van der Waals surface area contributed by atoms with Crippen LogP contribution in [0.1, 0.15) is 31.7 Å². The zero-order valence-corrected chi connectivity index (χ0v) is 16.3. The third kappa shape index (κ3) is 4.22. The van der Waals surface area contributed by atoms with Gasteiger partial charge in [-0.05, 0) is 38.2 Å². The molecule has 2 aliphatic rings. The van der Waals surface area contributed by atoms with Gasteiger partial charge in [0.25, 0.3) is 0 Å². The van der Waals surface area contributed by atoms with Gasteiger partial charge in [0.05, 0.1) is 12.3 Å². The lowest BCUT2D eigenvalue weighted by atomic mass is 9.96. The third-order valence-electron chi connectivity index (χ3n) is 5.55. The van der Waals surface area contributed by atoms with Crippen molar-refractivity contribution >= 4 is 11.9 Å². The highest BCUT2D eigenvalue weighted by molar-refractivity contribution is 5.82. The normalized spacial score (nSPS) is 32.0. The van der Waals surface area contributed by atoms with Gasteiger partial charge in [0, 0.05) is 17.7 Å². The fourth-order valence-electron chi connectivity index (χ4n) is 3.74. The van der Waals surface area contributed by atoms with Gasteiger partial charge in [-0.3, -0.25) is 4.99 Å². The van der Waals surface area contributed by atoms with E-state index in [-0.39, 0.29) is 5.92 Å². The second-order valence-electron chi connectivity index (χ2n) is 7.20. The molecule has 28 heavy (non-hydrogen) atoms. The summed E-state index contributed by atoms with van der Waals surface area (Å²) in [5, 5.41) is 39.5. The van der Waals surface area contributed by atoms with Crippen molar-refractivity contribution in [1.29, 1.82) is 0 Å². The molecule has 6 atom stereocenters. The van der Waals surface area contributed by atoms with Crippen LogP contribution in [0.15, 0.2) is 23.2 Å². The molecule has 0 bridgehead atoms. The molecule has 156 valence electrons. The minimum absolute atomic E-state index is 0.0803. The van der Waals surface area contributed by atoms with Gasteiger partial charge < -0.3 is 34.8 Å². The molecular formula is C20H30N2O6. The van der Waals surface area contributed by atoms with Crippen LogP contribution in [0.5, 0.6) is 5.75 Å². The maximum Gasteiger partial charge on any atom is 0.229 e. The molecule has 2 heterocycles. The molecule has 0 radical (unpaired) electrons. The number of benzene rings is 1. The first-order valence-corrected chi connectivity index (χ1v) is 9.86. The highest BCUT2D eigenvalue weighted by atomic mass is 16.7. The fourth-order valence-corrected chi connectivity index (χ4v) is 3.74. The lowest BCUT2D eigenvalue weighted by Crippen LogP contribution is -2.60. The molecule has 0 spiro atoms. The maximum absolute atomic E-state index is 10.3. The molecule has 1 unspecified atom stereocenters. The maximum atomic E-state index is 10.3. The molecule has 1 aromatic carbocycles. The summed E-state index contributed by atoms with van der Waals surface area (Å²) in [6.07, 6.45) is -3.73. The van der Waals surface area contributed by atoms with Gasteiger partial charge in [0.15, 0.2) is 0 Å². The Labute approximate surface area is 165 Å². The van der Waals surface area contributed by atoms with Crippen molar-refractivity contribution in [2.24, 2.45) is 4.99 Å². The van der Waals surface area contributed by atoms with Crippen LogP contribution in [0.4, 0.5) is 5.69 Å². The van der Waals surface area contributed by atoms with E-state index >= 15 is 0 Å². The van der Waals surface area contributed by atoms with E-state index in [9.17, 15) is 20.4 Å². The van der Waals surface area contributed by atoms with Crippen LogP contribution in [0.2, 0.25) is 0 Å². The van der Waals surface area contributed by atoms with Crippen molar-refractivity contribution in [1.82, 2.24) is 4.90 Å². The van der Waals surface area contributed by atoms with Crippen LogP contribution in [-0.4, -0.2) is 88.5 Å². The Balaban J connectivity index is 1.76. The molecule has 8 heteroatoms. The summed E-state index contributed by atoms with van der Waals surface area (Å²) in [6, 6.07) is 5.49. The third-order valence-corrected chi connectivity index (χ3v) is 5.55. The van der Waals surface area contributed by atoms with Gasteiger partial charge in [-0.25, -0.2) is 0 Å². The number of aliphatic imine (C=N–C) groups is 1. The van der Waals surface area contributed by atoms with Crippen molar-refractivity contribution in [2.75, 3.05) is 26.2 Å². The molecule has 1 saturated heterocycles. The summed E-state index contributed by atoms with van der Waals surface area (Å²) in [6.45, 7) is 6.67. The minimum Gasteiger partial charge on any atom is -0.462 e. The lowest BCUT2D eigenvalue weighted by molar-refractivity contribution is -0.277. The van der Waals surface area contributed by atoms with Crippen molar-refractivity contribution < 1.29 is 29.9 Å². The largest absolute Gasteiger partial charge is 0.462 e. The van der Waals surface area contributed by atoms with Crippen molar-refractivity contribution in [2.45, 2.75) is 56.9 Å². The molecule has 3 rings (SSSR count). The minimum atomic E-state index is -1.47. The summed E-state index contributed by atoms with van der Waals surface area (Å²) in [7, 11) is 0. The van der Waals surface area contributed by atoms with Gasteiger partial charge in [0.1, 0.15) is 30.2 Å². The van der Waals surface area contributed by atoms with Crippen LogP contribution in [-0.2, 0) is 4.74 Å². The van der Waals surface area contributed by atoms with Crippen LogP contribution in [0.3, 0.4) is 0 Å². The molecule has 0 amide bonds. The zero-order chi connectivity index (χ0) is 20.3. The summed E-state index contributed by atoms with van der Waals surface area (Å²) < 4.78 is 11.4. The van der Waals surface area contributed by atoms with E-state index in [1.165, 1.54) is 0 Å². The quantitative estimate of drug-likeness (QED) is 0.504. The molecular weight excluding hydrogens is 364 g/mol. The zero-order valence-electron chi connectivity index (χ0n) is 16.3. The monoisotopic (exact) mass is 394 g/mol. The summed E-state index contributed by atoms with van der Waals surface area (Å²) >= 11 is 0. The molecule has 4 N–H and O–H groups in total. The van der Waals surface area contributed by atoms with Gasteiger partial charge in [-0.15, -0.1) is 0 Å². The Morgan fingerprint density at radius 2 is 1.86 bits per heavy atom. The van der Waals surface area contributed by atoms with Gasteiger partial charge in [0.2, 0.25) is 6.29 Å². The Morgan fingerprint density at radius 3 is 2.54 bits per heavy atom. The van der Waals surface area contributed by atoms with Crippen molar-refractivity contribution in [3.05, 3.63) is 23.8 Å². The average Bonchev–Trinajstić information content (AvgIpc) is 3.13. The van der Waals surface area contributed by atoms with Crippen molar-refractivity contribution in [3.8, 4) is 5.75 Å². The number of aliphatic hydroxyl groups is 4. The van der Waals surface area contributed by atoms with E-state index < -0.39 is 37.3 Å². The predicted octanol–water partition coefficient (Wildman–Crippen LogP) is 0.397. The van der Waals surface area contributed by atoms with E-state index in [4.69, 9.17) is 9.47 Å². The molecule has 1 aromatic rings. The Kier molecular flexibility index (Phi) is 7.03. The van der Waals surface area contributed by atoms with E-state index in [1.54, 1.807) is 6.07 Å². The molecule has 0 saturated carbocycles. The summed E-state index contributed by atoms with van der Waals surface area (Å²) in [5.74, 6) is 0.598. The SMILES string of the molecule is CCN(CC)CCC1C=Nc2cccc(O[C@H]3O[C@H](CO)[C@@H](O)[C@H](O)[C@H]3O)c21. The standard InChI is InChI=1S/C20H30N2O6/c1-3-22(4-2)9-8-12-10-21-13-6-5-7-14(16(12)13)27-20-19(26)18(25)17(24)15(11-23)28-20/h5-7,10,12,15,17-20,23-26H,3-4,8-9,11H2,1-2H3/t12?,15-,17-,18+,19-,20+/m1/s1. The highest BCUT2D eigenvalue weighted by Crippen LogP contribution is 2.41. The van der Waals surface area contributed by atoms with Crippen LogP contribution in [0.25, 0.3) is 0 Å². The highest BCUT2D eigenvalue weighted by Gasteiger charge is 2.45. The first kappa shape index (κ1) is 21.2. The Hall–Kier alpha value is -1.55. The average molecular weight is 394 g/mol. The smallest absolute Gasteiger partial charge is 0.229 e.